The zero-order chi connectivity index (χ0) is 14.5. The first kappa shape index (κ1) is 14.9. The van der Waals surface area contributed by atoms with Gasteiger partial charge in [0, 0.05) is 12.6 Å². The number of piperidine rings is 1. The molecule has 1 saturated heterocycles. The number of benzene rings is 1. The van der Waals surface area contributed by atoms with Gasteiger partial charge in [-0.2, -0.15) is 0 Å². The topological polar surface area (TPSA) is 24.5 Å². The smallest absolute Gasteiger partial charge is 0.119 e. The van der Waals surface area contributed by atoms with Gasteiger partial charge in [0.05, 0.1) is 6.61 Å². The summed E-state index contributed by atoms with van der Waals surface area (Å²) in [4.78, 5) is 2.57. The van der Waals surface area contributed by atoms with Crippen LogP contribution in [0, 0.1) is 5.92 Å². The summed E-state index contributed by atoms with van der Waals surface area (Å²) in [6, 6.07) is 9.32. The third-order valence-electron chi connectivity index (χ3n) is 4.62. The molecule has 0 aromatic heterocycles. The second-order valence-electron chi connectivity index (χ2n) is 6.48. The number of hydrogen-bond acceptors (Lipinski definition) is 3. The van der Waals surface area contributed by atoms with E-state index in [0.717, 1.165) is 30.9 Å². The van der Waals surface area contributed by atoms with Crippen molar-refractivity contribution in [3.8, 4) is 5.75 Å². The maximum Gasteiger partial charge on any atom is 0.119 e. The summed E-state index contributed by atoms with van der Waals surface area (Å²) in [7, 11) is 0. The van der Waals surface area contributed by atoms with E-state index < -0.39 is 0 Å². The van der Waals surface area contributed by atoms with Gasteiger partial charge in [0.15, 0.2) is 0 Å². The highest BCUT2D eigenvalue weighted by Gasteiger charge is 2.24. The molecule has 3 rings (SSSR count). The molecular formula is C18H28N2O. The fraction of sp³-hybridized carbons (Fsp3) is 0.667. The van der Waals surface area contributed by atoms with E-state index in [2.05, 4.69) is 34.5 Å². The highest BCUT2D eigenvalue weighted by molar-refractivity contribution is 5.27. The minimum atomic E-state index is 0.737. The van der Waals surface area contributed by atoms with Gasteiger partial charge >= 0.3 is 0 Å². The third-order valence-corrected chi connectivity index (χ3v) is 4.62. The summed E-state index contributed by atoms with van der Waals surface area (Å²) in [5.41, 5.74) is 1.39. The standard InChI is InChI=1S/C18H28N2O/c1-2-21-18-7-5-16(6-8-18)14-20-11-9-17(10-12-20)19-13-15-3-4-15/h5-8,15,17,19H,2-4,9-14H2,1H3. The van der Waals surface area contributed by atoms with E-state index in [9.17, 15) is 0 Å². The largest absolute Gasteiger partial charge is 0.494 e. The monoisotopic (exact) mass is 288 g/mol. The maximum atomic E-state index is 5.49. The summed E-state index contributed by atoms with van der Waals surface area (Å²) in [5, 5.41) is 3.75. The van der Waals surface area contributed by atoms with E-state index in [4.69, 9.17) is 4.74 Å². The van der Waals surface area contributed by atoms with Crippen LogP contribution in [0.2, 0.25) is 0 Å². The molecule has 3 nitrogen and oxygen atoms in total. The Hall–Kier alpha value is -1.06. The molecular weight excluding hydrogens is 260 g/mol. The Morgan fingerprint density at radius 1 is 1.10 bits per heavy atom. The zero-order valence-corrected chi connectivity index (χ0v) is 13.2. The van der Waals surface area contributed by atoms with Crippen LogP contribution in [-0.2, 0) is 6.54 Å². The summed E-state index contributed by atoms with van der Waals surface area (Å²) in [5.74, 6) is 1.97. The van der Waals surface area contributed by atoms with Crippen molar-refractivity contribution in [2.45, 2.75) is 45.2 Å². The number of hydrogen-bond donors (Lipinski definition) is 1. The molecule has 1 saturated carbocycles. The summed E-state index contributed by atoms with van der Waals surface area (Å²) in [6.45, 7) is 7.52. The van der Waals surface area contributed by atoms with E-state index in [-0.39, 0.29) is 0 Å². The Morgan fingerprint density at radius 3 is 2.43 bits per heavy atom. The van der Waals surface area contributed by atoms with Gasteiger partial charge in [-0.25, -0.2) is 0 Å². The summed E-state index contributed by atoms with van der Waals surface area (Å²) in [6.07, 6.45) is 5.49. The lowest BCUT2D eigenvalue weighted by Gasteiger charge is -2.32. The molecule has 0 unspecified atom stereocenters. The van der Waals surface area contributed by atoms with Gasteiger partial charge in [-0.3, -0.25) is 4.90 Å². The van der Waals surface area contributed by atoms with Gasteiger partial charge in [0.1, 0.15) is 5.75 Å². The van der Waals surface area contributed by atoms with Gasteiger partial charge in [-0.1, -0.05) is 12.1 Å². The van der Waals surface area contributed by atoms with Gasteiger partial charge in [-0.05, 0) is 75.9 Å². The molecule has 2 fully saturated rings. The molecule has 1 aliphatic carbocycles. The molecule has 0 radical (unpaired) electrons. The SMILES string of the molecule is CCOc1ccc(CN2CCC(NCC3CC3)CC2)cc1. The molecule has 1 N–H and O–H groups in total. The normalized spacial score (nSPS) is 20.6. The fourth-order valence-electron chi connectivity index (χ4n) is 3.07. The molecule has 0 atom stereocenters. The van der Waals surface area contributed by atoms with Crippen molar-refractivity contribution in [2.24, 2.45) is 5.92 Å². The van der Waals surface area contributed by atoms with Crippen molar-refractivity contribution in [1.82, 2.24) is 10.2 Å². The minimum absolute atomic E-state index is 0.737. The van der Waals surface area contributed by atoms with Crippen LogP contribution in [0.5, 0.6) is 5.75 Å². The quantitative estimate of drug-likeness (QED) is 0.834. The molecule has 2 aliphatic rings. The van der Waals surface area contributed by atoms with E-state index in [1.165, 1.54) is 50.9 Å². The van der Waals surface area contributed by atoms with E-state index in [1.807, 2.05) is 6.92 Å². The number of ether oxygens (including phenoxy) is 1. The molecule has 0 amide bonds. The van der Waals surface area contributed by atoms with Crippen LogP contribution < -0.4 is 10.1 Å². The molecule has 3 heteroatoms. The Labute approximate surface area is 128 Å². The van der Waals surface area contributed by atoms with Crippen LogP contribution in [0.4, 0.5) is 0 Å². The van der Waals surface area contributed by atoms with Gasteiger partial charge in [0.2, 0.25) is 0 Å². The van der Waals surface area contributed by atoms with Crippen LogP contribution in [0.15, 0.2) is 24.3 Å². The van der Waals surface area contributed by atoms with Crippen LogP contribution in [0.1, 0.15) is 38.2 Å². The Morgan fingerprint density at radius 2 is 1.81 bits per heavy atom. The van der Waals surface area contributed by atoms with E-state index in [1.54, 1.807) is 0 Å². The third kappa shape index (κ3) is 4.72. The van der Waals surface area contributed by atoms with Gasteiger partial charge < -0.3 is 10.1 Å². The highest BCUT2D eigenvalue weighted by atomic mass is 16.5. The molecule has 1 aromatic carbocycles. The van der Waals surface area contributed by atoms with Crippen molar-refractivity contribution in [3.05, 3.63) is 29.8 Å². The Kier molecular flexibility index (Phi) is 5.15. The maximum absolute atomic E-state index is 5.49. The predicted octanol–water partition coefficient (Wildman–Crippen LogP) is 3.05. The first-order valence-corrected chi connectivity index (χ1v) is 8.51. The first-order valence-electron chi connectivity index (χ1n) is 8.51. The van der Waals surface area contributed by atoms with Crippen LogP contribution in [0.25, 0.3) is 0 Å². The second kappa shape index (κ2) is 7.28. The fourth-order valence-corrected chi connectivity index (χ4v) is 3.07. The number of nitrogens with one attached hydrogen (secondary N) is 1. The Balaban J connectivity index is 1.39. The summed E-state index contributed by atoms with van der Waals surface area (Å²) < 4.78 is 5.49. The first-order chi connectivity index (χ1) is 10.3. The summed E-state index contributed by atoms with van der Waals surface area (Å²) >= 11 is 0. The molecule has 116 valence electrons. The van der Waals surface area contributed by atoms with E-state index in [0.29, 0.717) is 0 Å². The number of nitrogens with zero attached hydrogens (tertiary/aromatic N) is 1. The lowest BCUT2D eigenvalue weighted by molar-refractivity contribution is 0.190. The number of likely N-dealkylation sites (tertiary alicyclic amines) is 1. The molecule has 0 bridgehead atoms. The van der Waals surface area contributed by atoms with Crippen molar-refractivity contribution >= 4 is 0 Å². The van der Waals surface area contributed by atoms with Gasteiger partial charge in [-0.15, -0.1) is 0 Å². The minimum Gasteiger partial charge on any atom is -0.494 e. The molecule has 21 heavy (non-hydrogen) atoms. The van der Waals surface area contributed by atoms with Crippen molar-refractivity contribution in [1.29, 1.82) is 0 Å². The zero-order valence-electron chi connectivity index (χ0n) is 13.2. The van der Waals surface area contributed by atoms with Crippen LogP contribution >= 0.6 is 0 Å². The van der Waals surface area contributed by atoms with Crippen molar-refractivity contribution in [2.75, 3.05) is 26.2 Å². The molecule has 1 aromatic rings. The Bertz CT molecular complexity index is 419. The van der Waals surface area contributed by atoms with Gasteiger partial charge in [0.25, 0.3) is 0 Å². The molecule has 1 heterocycles. The molecule has 0 spiro atoms. The predicted molar refractivity (Wildman–Crippen MR) is 86.6 cm³/mol. The average Bonchev–Trinajstić information content (AvgIpc) is 3.33. The highest BCUT2D eigenvalue weighted by Crippen LogP contribution is 2.28. The van der Waals surface area contributed by atoms with Crippen molar-refractivity contribution < 1.29 is 4.74 Å². The van der Waals surface area contributed by atoms with E-state index >= 15 is 0 Å². The van der Waals surface area contributed by atoms with Crippen LogP contribution in [0.3, 0.4) is 0 Å². The number of rotatable bonds is 7. The lowest BCUT2D eigenvalue weighted by Crippen LogP contribution is -2.42. The van der Waals surface area contributed by atoms with Crippen molar-refractivity contribution in [3.63, 3.8) is 0 Å². The van der Waals surface area contributed by atoms with Crippen LogP contribution in [-0.4, -0.2) is 37.2 Å². The second-order valence-corrected chi connectivity index (χ2v) is 6.48. The lowest BCUT2D eigenvalue weighted by atomic mass is 10.0. The molecule has 1 aliphatic heterocycles. The average molecular weight is 288 g/mol.